The molecule has 22 heavy (non-hydrogen) atoms. The molecular formula is C17H15ClN2OS. The summed E-state index contributed by atoms with van der Waals surface area (Å²) in [5, 5.41) is 4.78. The molecule has 2 aromatic rings. The molecular weight excluding hydrogens is 316 g/mol. The molecule has 1 N–H and O–H groups in total. The first kappa shape index (κ1) is 13.9. The second-order valence-corrected chi connectivity index (χ2v) is 6.66. The summed E-state index contributed by atoms with van der Waals surface area (Å²) < 4.78 is 6.32. The van der Waals surface area contributed by atoms with Gasteiger partial charge in [0.1, 0.15) is 5.75 Å². The highest BCUT2D eigenvalue weighted by Crippen LogP contribution is 2.45. The minimum Gasteiger partial charge on any atom is -0.467 e. The monoisotopic (exact) mass is 330 g/mol. The van der Waals surface area contributed by atoms with Crippen molar-refractivity contribution in [1.82, 2.24) is 5.32 Å². The van der Waals surface area contributed by atoms with Crippen LogP contribution in [0.3, 0.4) is 0 Å². The number of thiocarbonyl (C=S) groups is 1. The van der Waals surface area contributed by atoms with Gasteiger partial charge in [-0.1, -0.05) is 35.9 Å². The number of halogens is 1. The first-order valence-corrected chi connectivity index (χ1v) is 8.00. The fourth-order valence-corrected chi connectivity index (χ4v) is 3.95. The molecule has 2 aliphatic heterocycles. The number of anilines is 1. The van der Waals surface area contributed by atoms with E-state index in [1.165, 1.54) is 0 Å². The Morgan fingerprint density at radius 2 is 2.09 bits per heavy atom. The summed E-state index contributed by atoms with van der Waals surface area (Å²) in [6, 6.07) is 16.0. The van der Waals surface area contributed by atoms with Gasteiger partial charge in [-0.2, -0.15) is 0 Å². The average molecular weight is 331 g/mol. The zero-order valence-corrected chi connectivity index (χ0v) is 13.6. The van der Waals surface area contributed by atoms with Crippen LogP contribution in [0.2, 0.25) is 5.02 Å². The average Bonchev–Trinajstić information content (AvgIpc) is 2.46. The van der Waals surface area contributed by atoms with Gasteiger partial charge in [-0.15, -0.1) is 0 Å². The van der Waals surface area contributed by atoms with Crippen molar-refractivity contribution >= 4 is 34.6 Å². The lowest BCUT2D eigenvalue weighted by Crippen LogP contribution is -2.65. The van der Waals surface area contributed by atoms with Crippen LogP contribution in [-0.4, -0.2) is 10.8 Å². The van der Waals surface area contributed by atoms with Crippen LogP contribution in [0.1, 0.15) is 24.9 Å². The van der Waals surface area contributed by atoms with Crippen molar-refractivity contribution in [3.05, 3.63) is 59.1 Å². The second kappa shape index (κ2) is 4.86. The summed E-state index contributed by atoms with van der Waals surface area (Å²) in [6.07, 6.45) is 0.816. The first-order valence-electron chi connectivity index (χ1n) is 7.21. The highest BCUT2D eigenvalue weighted by atomic mass is 35.5. The maximum atomic E-state index is 6.32. The van der Waals surface area contributed by atoms with E-state index in [0.717, 1.165) is 23.4 Å². The minimum absolute atomic E-state index is 0.179. The lowest BCUT2D eigenvalue weighted by molar-refractivity contribution is 0.0498. The second-order valence-electron chi connectivity index (χ2n) is 5.84. The van der Waals surface area contributed by atoms with Crippen molar-refractivity contribution in [2.45, 2.75) is 25.1 Å². The summed E-state index contributed by atoms with van der Waals surface area (Å²) in [5.41, 5.74) is 1.57. The van der Waals surface area contributed by atoms with Crippen molar-refractivity contribution in [2.24, 2.45) is 0 Å². The van der Waals surface area contributed by atoms with Gasteiger partial charge in [-0.3, -0.25) is 4.90 Å². The number of hydrogen-bond donors (Lipinski definition) is 1. The fourth-order valence-electron chi connectivity index (χ4n) is 3.33. The van der Waals surface area contributed by atoms with Crippen molar-refractivity contribution in [3.8, 4) is 5.75 Å². The van der Waals surface area contributed by atoms with Gasteiger partial charge in [0.15, 0.2) is 10.8 Å². The molecule has 3 nitrogen and oxygen atoms in total. The van der Waals surface area contributed by atoms with Crippen molar-refractivity contribution < 1.29 is 4.74 Å². The zero-order valence-electron chi connectivity index (χ0n) is 12.0. The molecule has 0 unspecified atom stereocenters. The number of ether oxygens (including phenoxy) is 1. The summed E-state index contributed by atoms with van der Waals surface area (Å²) >= 11 is 11.7. The molecule has 1 fully saturated rings. The summed E-state index contributed by atoms with van der Waals surface area (Å²) in [6.45, 7) is 2.07. The van der Waals surface area contributed by atoms with E-state index in [4.69, 9.17) is 28.6 Å². The van der Waals surface area contributed by atoms with Crippen LogP contribution in [0.25, 0.3) is 0 Å². The minimum atomic E-state index is -0.522. The van der Waals surface area contributed by atoms with Crippen LogP contribution in [0.15, 0.2) is 48.5 Å². The van der Waals surface area contributed by atoms with E-state index in [1.54, 1.807) is 0 Å². The predicted octanol–water partition coefficient (Wildman–Crippen LogP) is 4.27. The van der Waals surface area contributed by atoms with E-state index >= 15 is 0 Å². The van der Waals surface area contributed by atoms with Crippen LogP contribution < -0.4 is 15.0 Å². The maximum Gasteiger partial charge on any atom is 0.188 e. The third-order valence-corrected chi connectivity index (χ3v) is 4.78. The molecule has 0 saturated carbocycles. The molecule has 1 saturated heterocycles. The highest BCUT2D eigenvalue weighted by molar-refractivity contribution is 7.80. The Balaban J connectivity index is 1.82. The van der Waals surface area contributed by atoms with Gasteiger partial charge in [0, 0.05) is 22.7 Å². The topological polar surface area (TPSA) is 24.5 Å². The molecule has 0 aromatic heterocycles. The van der Waals surface area contributed by atoms with Gasteiger partial charge in [0.05, 0.1) is 6.04 Å². The van der Waals surface area contributed by atoms with E-state index in [9.17, 15) is 0 Å². The third-order valence-electron chi connectivity index (χ3n) is 4.25. The molecule has 4 rings (SSSR count). The molecule has 0 amide bonds. The number of nitrogens with one attached hydrogen (secondary N) is 1. The number of nitrogens with zero attached hydrogens (tertiary/aromatic N) is 1. The normalized spacial score (nSPS) is 26.0. The van der Waals surface area contributed by atoms with Crippen LogP contribution >= 0.6 is 23.8 Å². The molecule has 2 bridgehead atoms. The van der Waals surface area contributed by atoms with Crippen molar-refractivity contribution in [2.75, 3.05) is 4.90 Å². The van der Waals surface area contributed by atoms with Gasteiger partial charge < -0.3 is 10.1 Å². The maximum absolute atomic E-state index is 6.32. The predicted molar refractivity (Wildman–Crippen MR) is 92.5 cm³/mol. The van der Waals surface area contributed by atoms with E-state index in [-0.39, 0.29) is 6.04 Å². The van der Waals surface area contributed by atoms with E-state index in [2.05, 4.69) is 18.3 Å². The molecule has 2 aromatic carbocycles. The summed E-state index contributed by atoms with van der Waals surface area (Å²) in [7, 11) is 0. The Kier molecular flexibility index (Phi) is 3.06. The molecule has 2 aliphatic rings. The molecule has 112 valence electrons. The molecule has 0 spiro atoms. The highest BCUT2D eigenvalue weighted by Gasteiger charge is 2.48. The number of rotatable bonds is 1. The molecule has 0 radical (unpaired) electrons. The number of hydrogen-bond acceptors (Lipinski definition) is 2. The lowest BCUT2D eigenvalue weighted by Gasteiger charge is -2.52. The zero-order chi connectivity index (χ0) is 15.3. The summed E-state index contributed by atoms with van der Waals surface area (Å²) in [4.78, 5) is 2.01. The Labute approximate surface area is 139 Å². The fraction of sp³-hybridized carbons (Fsp3) is 0.235. The number of para-hydroxylation sites is 1. The lowest BCUT2D eigenvalue weighted by atomic mass is 9.90. The molecule has 2 atom stereocenters. The first-order chi connectivity index (χ1) is 10.6. The van der Waals surface area contributed by atoms with Gasteiger partial charge in [-0.25, -0.2) is 0 Å². The van der Waals surface area contributed by atoms with Crippen molar-refractivity contribution in [1.29, 1.82) is 0 Å². The SMILES string of the molecule is C[C@]12C[C@H](NC(=S)N1c1cccc(Cl)c1)c1ccccc1O2. The standard InChI is InChI=1S/C17H15ClN2OS/c1-17-10-14(13-7-2-3-8-15(13)21-17)19-16(22)20(17)12-6-4-5-11(18)9-12/h2-9,14H,10H2,1H3,(H,19,22)/t14-,17-/m0/s1. The van der Waals surface area contributed by atoms with Crippen LogP contribution in [-0.2, 0) is 0 Å². The van der Waals surface area contributed by atoms with Gasteiger partial charge >= 0.3 is 0 Å². The van der Waals surface area contributed by atoms with Gasteiger partial charge in [0.25, 0.3) is 0 Å². The van der Waals surface area contributed by atoms with Crippen LogP contribution in [0, 0.1) is 0 Å². The molecule has 2 heterocycles. The molecule has 5 heteroatoms. The van der Waals surface area contributed by atoms with Crippen LogP contribution in [0.4, 0.5) is 5.69 Å². The largest absolute Gasteiger partial charge is 0.467 e. The van der Waals surface area contributed by atoms with Gasteiger partial charge in [0.2, 0.25) is 0 Å². The van der Waals surface area contributed by atoms with Gasteiger partial charge in [-0.05, 0) is 43.4 Å². The van der Waals surface area contributed by atoms with E-state index in [1.807, 2.05) is 47.4 Å². The van der Waals surface area contributed by atoms with Crippen molar-refractivity contribution in [3.63, 3.8) is 0 Å². The molecule has 0 aliphatic carbocycles. The Morgan fingerprint density at radius 3 is 2.91 bits per heavy atom. The van der Waals surface area contributed by atoms with E-state index in [0.29, 0.717) is 10.1 Å². The number of benzene rings is 2. The Bertz CT molecular complexity index is 766. The Morgan fingerprint density at radius 1 is 1.27 bits per heavy atom. The van der Waals surface area contributed by atoms with E-state index < -0.39 is 5.72 Å². The quantitative estimate of drug-likeness (QED) is 0.789. The van der Waals surface area contributed by atoms with Crippen LogP contribution in [0.5, 0.6) is 5.75 Å². The summed E-state index contributed by atoms with van der Waals surface area (Å²) in [5.74, 6) is 0.906. The number of fused-ring (bicyclic) bond motifs is 4. The Hall–Kier alpha value is -1.78. The smallest absolute Gasteiger partial charge is 0.188 e. The third kappa shape index (κ3) is 2.06.